The Labute approximate surface area is 184 Å². The van der Waals surface area contributed by atoms with E-state index in [1.165, 1.54) is 24.3 Å². The standard InChI is InChI=1S/C19H19Cl3N2O4S/c20-12-5-7-15(21)17(9-12)23-19(25)11-28-18-8-6-14(10-16(18)22)29(26,27)24-13-3-1-2-4-13/h5-10,13,24H,1-4,11H2,(H,23,25). The number of hydrogen-bond donors (Lipinski definition) is 2. The van der Waals surface area contributed by atoms with Crippen molar-refractivity contribution in [1.29, 1.82) is 0 Å². The van der Waals surface area contributed by atoms with Crippen LogP contribution in [0.15, 0.2) is 41.3 Å². The third-order valence-electron chi connectivity index (χ3n) is 4.45. The Hall–Kier alpha value is -1.51. The minimum atomic E-state index is -3.66. The van der Waals surface area contributed by atoms with Crippen molar-refractivity contribution in [3.63, 3.8) is 0 Å². The summed E-state index contributed by atoms with van der Waals surface area (Å²) < 4.78 is 33.1. The zero-order valence-electron chi connectivity index (χ0n) is 15.3. The zero-order chi connectivity index (χ0) is 21.0. The first kappa shape index (κ1) is 22.2. The summed E-state index contributed by atoms with van der Waals surface area (Å²) in [5.41, 5.74) is 0.360. The van der Waals surface area contributed by atoms with Gasteiger partial charge in [0.15, 0.2) is 6.61 Å². The van der Waals surface area contributed by atoms with Crippen molar-refractivity contribution in [3.8, 4) is 5.75 Å². The molecular formula is C19H19Cl3N2O4S. The largest absolute Gasteiger partial charge is 0.482 e. The minimum absolute atomic E-state index is 0.0447. The summed E-state index contributed by atoms with van der Waals surface area (Å²) in [6.45, 7) is -0.338. The van der Waals surface area contributed by atoms with E-state index >= 15 is 0 Å². The molecule has 29 heavy (non-hydrogen) atoms. The lowest BCUT2D eigenvalue weighted by Crippen LogP contribution is -2.32. The van der Waals surface area contributed by atoms with Gasteiger partial charge in [-0.05, 0) is 49.2 Å². The van der Waals surface area contributed by atoms with Crippen LogP contribution in [0.4, 0.5) is 5.69 Å². The maximum atomic E-state index is 12.5. The van der Waals surface area contributed by atoms with Crippen LogP contribution in [-0.4, -0.2) is 27.0 Å². The van der Waals surface area contributed by atoms with Crippen LogP contribution in [0.2, 0.25) is 15.1 Å². The number of halogens is 3. The topological polar surface area (TPSA) is 84.5 Å². The van der Waals surface area contributed by atoms with E-state index in [9.17, 15) is 13.2 Å². The molecule has 0 aliphatic heterocycles. The second-order valence-corrected chi connectivity index (χ2v) is 9.62. The summed E-state index contributed by atoms with van der Waals surface area (Å²) in [6, 6.07) is 8.76. The van der Waals surface area contributed by atoms with Gasteiger partial charge in [-0.1, -0.05) is 47.6 Å². The van der Waals surface area contributed by atoms with Gasteiger partial charge in [-0.15, -0.1) is 0 Å². The van der Waals surface area contributed by atoms with Gasteiger partial charge in [0, 0.05) is 11.1 Å². The van der Waals surface area contributed by atoms with Crippen molar-refractivity contribution in [1.82, 2.24) is 4.72 Å². The normalized spacial score (nSPS) is 14.7. The highest BCUT2D eigenvalue weighted by molar-refractivity contribution is 7.89. The second kappa shape index (κ2) is 9.53. The molecule has 2 N–H and O–H groups in total. The van der Waals surface area contributed by atoms with E-state index in [-0.39, 0.29) is 28.3 Å². The average Bonchev–Trinajstić information content (AvgIpc) is 3.16. The van der Waals surface area contributed by atoms with E-state index in [0.717, 1.165) is 25.7 Å². The molecule has 0 spiro atoms. The molecule has 0 aromatic heterocycles. The molecule has 0 heterocycles. The number of carbonyl (C=O) groups excluding carboxylic acids is 1. The van der Waals surface area contributed by atoms with E-state index in [1.807, 2.05) is 0 Å². The van der Waals surface area contributed by atoms with Crippen LogP contribution in [0.1, 0.15) is 25.7 Å². The van der Waals surface area contributed by atoms with Crippen molar-refractivity contribution in [2.24, 2.45) is 0 Å². The first-order valence-corrected chi connectivity index (χ1v) is 11.6. The number of sulfonamides is 1. The molecule has 0 atom stereocenters. The summed E-state index contributed by atoms with van der Waals surface area (Å²) >= 11 is 18.0. The fraction of sp³-hybridized carbons (Fsp3) is 0.316. The number of benzene rings is 2. The van der Waals surface area contributed by atoms with Crippen LogP contribution in [0.25, 0.3) is 0 Å². The van der Waals surface area contributed by atoms with Crippen molar-refractivity contribution in [3.05, 3.63) is 51.5 Å². The SMILES string of the molecule is O=C(COc1ccc(S(=O)(=O)NC2CCCC2)cc1Cl)Nc1cc(Cl)ccc1Cl. The lowest BCUT2D eigenvalue weighted by Gasteiger charge is -2.14. The number of nitrogens with one attached hydrogen (secondary N) is 2. The highest BCUT2D eigenvalue weighted by Crippen LogP contribution is 2.29. The lowest BCUT2D eigenvalue weighted by atomic mass is 10.3. The molecule has 2 aromatic carbocycles. The van der Waals surface area contributed by atoms with Crippen LogP contribution in [0, 0.1) is 0 Å². The minimum Gasteiger partial charge on any atom is -0.482 e. The Morgan fingerprint density at radius 1 is 1.03 bits per heavy atom. The summed E-state index contributed by atoms with van der Waals surface area (Å²) in [7, 11) is -3.66. The first-order chi connectivity index (χ1) is 13.7. The Kier molecular flexibility index (Phi) is 7.29. The Morgan fingerprint density at radius 3 is 2.45 bits per heavy atom. The molecule has 1 aliphatic rings. The average molecular weight is 478 g/mol. The predicted octanol–water partition coefficient (Wildman–Crippen LogP) is 4.89. The molecule has 0 unspecified atom stereocenters. The fourth-order valence-corrected chi connectivity index (χ4v) is 4.99. The monoisotopic (exact) mass is 476 g/mol. The number of carbonyl (C=O) groups is 1. The quantitative estimate of drug-likeness (QED) is 0.595. The smallest absolute Gasteiger partial charge is 0.262 e. The molecule has 0 saturated heterocycles. The van der Waals surface area contributed by atoms with Gasteiger partial charge in [-0.2, -0.15) is 0 Å². The van der Waals surface area contributed by atoms with Crippen LogP contribution in [0.5, 0.6) is 5.75 Å². The zero-order valence-corrected chi connectivity index (χ0v) is 18.3. The number of hydrogen-bond acceptors (Lipinski definition) is 4. The second-order valence-electron chi connectivity index (χ2n) is 6.66. The Morgan fingerprint density at radius 2 is 1.76 bits per heavy atom. The predicted molar refractivity (Wildman–Crippen MR) is 115 cm³/mol. The molecule has 156 valence electrons. The number of ether oxygens (including phenoxy) is 1. The van der Waals surface area contributed by atoms with Gasteiger partial charge in [0.2, 0.25) is 10.0 Å². The van der Waals surface area contributed by atoms with E-state index in [0.29, 0.717) is 15.7 Å². The van der Waals surface area contributed by atoms with Gasteiger partial charge < -0.3 is 10.1 Å². The van der Waals surface area contributed by atoms with E-state index < -0.39 is 15.9 Å². The van der Waals surface area contributed by atoms with E-state index in [1.54, 1.807) is 12.1 Å². The van der Waals surface area contributed by atoms with Crippen LogP contribution >= 0.6 is 34.8 Å². The summed E-state index contributed by atoms with van der Waals surface area (Å²) in [4.78, 5) is 12.1. The Bertz CT molecular complexity index is 1010. The lowest BCUT2D eigenvalue weighted by molar-refractivity contribution is -0.118. The molecular weight excluding hydrogens is 459 g/mol. The number of amides is 1. The van der Waals surface area contributed by atoms with Crippen LogP contribution in [-0.2, 0) is 14.8 Å². The van der Waals surface area contributed by atoms with Crippen LogP contribution in [0.3, 0.4) is 0 Å². The van der Waals surface area contributed by atoms with Gasteiger partial charge in [0.05, 0.1) is 20.6 Å². The van der Waals surface area contributed by atoms with Crippen molar-refractivity contribution in [2.75, 3.05) is 11.9 Å². The molecule has 1 fully saturated rings. The molecule has 0 radical (unpaired) electrons. The number of rotatable bonds is 7. The van der Waals surface area contributed by atoms with Crippen molar-refractivity contribution < 1.29 is 17.9 Å². The molecule has 6 nitrogen and oxygen atoms in total. The summed E-state index contributed by atoms with van der Waals surface area (Å²) in [5.74, 6) is -0.274. The first-order valence-electron chi connectivity index (χ1n) is 8.94. The van der Waals surface area contributed by atoms with Gasteiger partial charge in [0.25, 0.3) is 5.91 Å². The van der Waals surface area contributed by atoms with Gasteiger partial charge in [-0.3, -0.25) is 4.79 Å². The molecule has 1 amide bonds. The summed E-state index contributed by atoms with van der Waals surface area (Å²) in [6.07, 6.45) is 3.70. The van der Waals surface area contributed by atoms with E-state index in [2.05, 4.69) is 10.0 Å². The Balaban J connectivity index is 1.61. The highest BCUT2D eigenvalue weighted by Gasteiger charge is 2.23. The highest BCUT2D eigenvalue weighted by atomic mass is 35.5. The number of anilines is 1. The molecule has 1 aliphatic carbocycles. The third kappa shape index (κ3) is 5.99. The maximum Gasteiger partial charge on any atom is 0.262 e. The molecule has 1 saturated carbocycles. The molecule has 0 bridgehead atoms. The van der Waals surface area contributed by atoms with Crippen LogP contribution < -0.4 is 14.8 Å². The molecule has 2 aromatic rings. The van der Waals surface area contributed by atoms with Gasteiger partial charge in [-0.25, -0.2) is 13.1 Å². The van der Waals surface area contributed by atoms with Crippen molar-refractivity contribution in [2.45, 2.75) is 36.6 Å². The molecule has 10 heteroatoms. The third-order valence-corrected chi connectivity index (χ3v) is 6.83. The van der Waals surface area contributed by atoms with Crippen molar-refractivity contribution >= 4 is 56.4 Å². The van der Waals surface area contributed by atoms with Gasteiger partial charge in [0.1, 0.15) is 5.75 Å². The van der Waals surface area contributed by atoms with Gasteiger partial charge >= 0.3 is 0 Å². The fourth-order valence-electron chi connectivity index (χ4n) is 3.02. The summed E-state index contributed by atoms with van der Waals surface area (Å²) in [5, 5.41) is 3.44. The molecule has 3 rings (SSSR count). The van der Waals surface area contributed by atoms with E-state index in [4.69, 9.17) is 39.5 Å². The maximum absolute atomic E-state index is 12.5.